The predicted molar refractivity (Wildman–Crippen MR) is 78.1 cm³/mol. The topological polar surface area (TPSA) is 76.7 Å². The van der Waals surface area contributed by atoms with E-state index >= 15 is 0 Å². The van der Waals surface area contributed by atoms with Crippen LogP contribution in [0.5, 0.6) is 11.5 Å². The molecule has 0 aromatic heterocycles. The molecule has 0 bridgehead atoms. The fraction of sp³-hybridized carbons (Fsp3) is 0.429. The molecule has 0 atom stereocenters. The molecule has 0 saturated heterocycles. The van der Waals surface area contributed by atoms with Crippen LogP contribution in [-0.2, 0) is 4.79 Å². The van der Waals surface area contributed by atoms with E-state index in [1.165, 1.54) is 26.4 Å². The number of carbonyl (C=O) groups excluding carboxylic acids is 2. The molecule has 6 nitrogen and oxygen atoms in total. The molecule has 114 valence electrons. The number of ether oxygens (including phenoxy) is 2. The summed E-state index contributed by atoms with van der Waals surface area (Å²) < 4.78 is 10.2. The number of halogens is 1. The van der Waals surface area contributed by atoms with Crippen LogP contribution in [0.2, 0.25) is 5.02 Å². The maximum absolute atomic E-state index is 12.0. The summed E-state index contributed by atoms with van der Waals surface area (Å²) >= 11 is 6.03. The highest BCUT2D eigenvalue weighted by atomic mass is 35.5. The monoisotopic (exact) mass is 312 g/mol. The van der Waals surface area contributed by atoms with Crippen LogP contribution in [0.25, 0.3) is 0 Å². The Kier molecular flexibility index (Phi) is 4.90. The summed E-state index contributed by atoms with van der Waals surface area (Å²) in [6.07, 6.45) is 2.01. The molecule has 1 aliphatic rings. The quantitative estimate of drug-likeness (QED) is 0.831. The van der Waals surface area contributed by atoms with Gasteiger partial charge in [-0.25, -0.2) is 0 Å². The van der Waals surface area contributed by atoms with E-state index in [4.69, 9.17) is 21.1 Å². The number of methoxy groups -OCH3 is 2. The van der Waals surface area contributed by atoms with Gasteiger partial charge in [0.15, 0.2) is 11.5 Å². The molecule has 0 heterocycles. The van der Waals surface area contributed by atoms with Crippen molar-refractivity contribution in [2.24, 2.45) is 0 Å². The molecule has 2 rings (SSSR count). The van der Waals surface area contributed by atoms with Gasteiger partial charge in [0.05, 0.1) is 25.8 Å². The van der Waals surface area contributed by atoms with Crippen molar-refractivity contribution in [1.82, 2.24) is 10.6 Å². The molecule has 1 aromatic carbocycles. The number of amides is 2. The van der Waals surface area contributed by atoms with Crippen molar-refractivity contribution in [1.29, 1.82) is 0 Å². The van der Waals surface area contributed by atoms with Crippen LogP contribution in [-0.4, -0.2) is 38.6 Å². The Balaban J connectivity index is 2.01. The van der Waals surface area contributed by atoms with E-state index in [2.05, 4.69) is 10.6 Å². The highest BCUT2D eigenvalue weighted by Gasteiger charge is 2.23. The van der Waals surface area contributed by atoms with Crippen molar-refractivity contribution in [3.8, 4) is 11.5 Å². The van der Waals surface area contributed by atoms with E-state index in [1.54, 1.807) is 0 Å². The van der Waals surface area contributed by atoms with Gasteiger partial charge in [0.2, 0.25) is 5.91 Å². The zero-order chi connectivity index (χ0) is 15.4. The van der Waals surface area contributed by atoms with E-state index in [-0.39, 0.29) is 23.5 Å². The molecule has 2 amide bonds. The summed E-state index contributed by atoms with van der Waals surface area (Å²) in [6, 6.07) is 3.25. The lowest BCUT2D eigenvalue weighted by molar-refractivity contribution is -0.120. The summed E-state index contributed by atoms with van der Waals surface area (Å²) in [7, 11) is 2.92. The van der Waals surface area contributed by atoms with Crippen molar-refractivity contribution < 1.29 is 19.1 Å². The molecule has 1 fully saturated rings. The van der Waals surface area contributed by atoms with Crippen molar-refractivity contribution in [2.75, 3.05) is 20.8 Å². The standard InChI is InChI=1S/C14H17ClN2O4/c1-20-11-6-8(5-10(15)13(11)21-2)14(19)16-7-12(18)17-9-3-4-9/h5-6,9H,3-4,7H2,1-2H3,(H,16,19)(H,17,18). The smallest absolute Gasteiger partial charge is 0.251 e. The zero-order valence-corrected chi connectivity index (χ0v) is 12.6. The van der Waals surface area contributed by atoms with Gasteiger partial charge in [0.25, 0.3) is 5.91 Å². The van der Waals surface area contributed by atoms with Crippen LogP contribution in [0.1, 0.15) is 23.2 Å². The number of rotatable bonds is 6. The van der Waals surface area contributed by atoms with E-state index in [9.17, 15) is 9.59 Å². The van der Waals surface area contributed by atoms with E-state index < -0.39 is 5.91 Å². The molecule has 0 aliphatic heterocycles. The summed E-state index contributed by atoms with van der Waals surface area (Å²) in [5, 5.41) is 5.60. The highest BCUT2D eigenvalue weighted by molar-refractivity contribution is 6.32. The van der Waals surface area contributed by atoms with E-state index in [1.807, 2.05) is 0 Å². The van der Waals surface area contributed by atoms with E-state index in [0.29, 0.717) is 17.1 Å². The molecule has 0 unspecified atom stereocenters. The predicted octanol–water partition coefficient (Wildman–Crippen LogP) is 1.37. The molecule has 1 aliphatic carbocycles. The average molecular weight is 313 g/mol. The van der Waals surface area contributed by atoms with Crippen LogP contribution >= 0.6 is 11.6 Å². The summed E-state index contributed by atoms with van der Waals surface area (Å²) in [4.78, 5) is 23.5. The van der Waals surface area contributed by atoms with Crippen LogP contribution in [0.3, 0.4) is 0 Å². The molecule has 0 spiro atoms. The lowest BCUT2D eigenvalue weighted by Gasteiger charge is -2.12. The first kappa shape index (κ1) is 15.4. The minimum atomic E-state index is -0.399. The summed E-state index contributed by atoms with van der Waals surface area (Å²) in [5.41, 5.74) is 0.303. The third kappa shape index (κ3) is 4.01. The van der Waals surface area contributed by atoms with Crippen LogP contribution in [0.15, 0.2) is 12.1 Å². The molecule has 0 radical (unpaired) electrons. The fourth-order valence-corrected chi connectivity index (χ4v) is 2.11. The minimum absolute atomic E-state index is 0.0682. The number of carbonyl (C=O) groups is 2. The van der Waals surface area contributed by atoms with Gasteiger partial charge in [0.1, 0.15) is 0 Å². The maximum Gasteiger partial charge on any atom is 0.251 e. The number of benzene rings is 1. The van der Waals surface area contributed by atoms with Gasteiger partial charge in [-0.2, -0.15) is 0 Å². The van der Waals surface area contributed by atoms with Crippen LogP contribution in [0, 0.1) is 0 Å². The third-order valence-electron chi connectivity index (χ3n) is 3.05. The average Bonchev–Trinajstić information content (AvgIpc) is 3.27. The van der Waals surface area contributed by atoms with Crippen molar-refractivity contribution in [3.05, 3.63) is 22.7 Å². The Morgan fingerprint density at radius 1 is 1.29 bits per heavy atom. The van der Waals surface area contributed by atoms with Gasteiger partial charge < -0.3 is 20.1 Å². The van der Waals surface area contributed by atoms with Gasteiger partial charge in [-0.1, -0.05) is 11.6 Å². The maximum atomic E-state index is 12.0. The Labute approximate surface area is 127 Å². The van der Waals surface area contributed by atoms with Gasteiger partial charge >= 0.3 is 0 Å². The van der Waals surface area contributed by atoms with Gasteiger partial charge in [-0.3, -0.25) is 9.59 Å². The van der Waals surface area contributed by atoms with E-state index in [0.717, 1.165) is 12.8 Å². The molecule has 2 N–H and O–H groups in total. The second-order valence-electron chi connectivity index (χ2n) is 4.72. The first-order valence-electron chi connectivity index (χ1n) is 6.54. The summed E-state index contributed by atoms with van der Waals surface area (Å²) in [5.74, 6) is 0.126. The van der Waals surface area contributed by atoms with Crippen LogP contribution < -0.4 is 20.1 Å². The Bertz CT molecular complexity index is 558. The lowest BCUT2D eigenvalue weighted by atomic mass is 10.2. The second kappa shape index (κ2) is 6.67. The normalized spacial score (nSPS) is 13.5. The molecule has 1 aromatic rings. The summed E-state index contributed by atoms with van der Waals surface area (Å²) in [6.45, 7) is -0.0682. The van der Waals surface area contributed by atoms with Crippen LogP contribution in [0.4, 0.5) is 0 Å². The lowest BCUT2D eigenvalue weighted by Crippen LogP contribution is -2.37. The van der Waals surface area contributed by atoms with Gasteiger partial charge in [-0.05, 0) is 25.0 Å². The first-order chi connectivity index (χ1) is 10.0. The Morgan fingerprint density at radius 2 is 2.00 bits per heavy atom. The molecular weight excluding hydrogens is 296 g/mol. The minimum Gasteiger partial charge on any atom is -0.493 e. The third-order valence-corrected chi connectivity index (χ3v) is 3.33. The number of nitrogens with one attached hydrogen (secondary N) is 2. The van der Waals surface area contributed by atoms with Crippen molar-refractivity contribution >= 4 is 23.4 Å². The largest absolute Gasteiger partial charge is 0.493 e. The molecular formula is C14H17ClN2O4. The second-order valence-corrected chi connectivity index (χ2v) is 5.13. The molecule has 1 saturated carbocycles. The zero-order valence-electron chi connectivity index (χ0n) is 11.9. The van der Waals surface area contributed by atoms with Crippen molar-refractivity contribution in [2.45, 2.75) is 18.9 Å². The van der Waals surface area contributed by atoms with Crippen molar-refractivity contribution in [3.63, 3.8) is 0 Å². The molecule has 7 heteroatoms. The number of hydrogen-bond acceptors (Lipinski definition) is 4. The number of hydrogen-bond donors (Lipinski definition) is 2. The van der Waals surface area contributed by atoms with Gasteiger partial charge in [-0.15, -0.1) is 0 Å². The molecule has 21 heavy (non-hydrogen) atoms. The highest BCUT2D eigenvalue weighted by Crippen LogP contribution is 2.35. The fourth-order valence-electron chi connectivity index (χ4n) is 1.82. The SMILES string of the molecule is COc1cc(C(=O)NCC(=O)NC2CC2)cc(Cl)c1OC. The first-order valence-corrected chi connectivity index (χ1v) is 6.92. The van der Waals surface area contributed by atoms with Gasteiger partial charge in [0, 0.05) is 11.6 Å². The Morgan fingerprint density at radius 3 is 2.57 bits per heavy atom. The Hall–Kier alpha value is -1.95.